The van der Waals surface area contributed by atoms with Gasteiger partial charge in [0.1, 0.15) is 0 Å². The van der Waals surface area contributed by atoms with Gasteiger partial charge in [-0.05, 0) is 26.2 Å². The Morgan fingerprint density at radius 2 is 1.95 bits per heavy atom. The molecule has 0 aromatic carbocycles. The van der Waals surface area contributed by atoms with Gasteiger partial charge in [-0.15, -0.1) is 0 Å². The second kappa shape index (κ2) is 7.21. The lowest BCUT2D eigenvalue weighted by Crippen LogP contribution is -2.52. The van der Waals surface area contributed by atoms with E-state index in [4.69, 9.17) is 0 Å². The van der Waals surface area contributed by atoms with Crippen molar-refractivity contribution >= 4 is 22.8 Å². The molecule has 1 amide bonds. The molecular weight excluding hydrogens is 296 g/mol. The van der Waals surface area contributed by atoms with E-state index in [1.54, 1.807) is 0 Å². The molecule has 2 saturated heterocycles. The molecule has 3 aliphatic rings. The van der Waals surface area contributed by atoms with E-state index in [0.717, 1.165) is 45.7 Å². The average Bonchev–Trinajstić information content (AvgIpc) is 2.95. The lowest BCUT2D eigenvalue weighted by molar-refractivity contribution is -0.136. The molecule has 0 aromatic rings. The van der Waals surface area contributed by atoms with Crippen LogP contribution in [0.4, 0.5) is 0 Å². The molecule has 0 N–H and O–H groups in total. The van der Waals surface area contributed by atoms with E-state index < -0.39 is 0 Å². The molecular formula is C16H28N4OS. The van der Waals surface area contributed by atoms with Crippen LogP contribution in [0.3, 0.4) is 0 Å². The van der Waals surface area contributed by atoms with Gasteiger partial charge in [0.25, 0.3) is 0 Å². The monoisotopic (exact) mass is 324 g/mol. The van der Waals surface area contributed by atoms with E-state index in [1.165, 1.54) is 18.0 Å². The number of thioether (sulfide) groups is 1. The van der Waals surface area contributed by atoms with Crippen LogP contribution in [0.25, 0.3) is 0 Å². The maximum Gasteiger partial charge on any atom is 0.236 e. The summed E-state index contributed by atoms with van der Waals surface area (Å²) in [5.41, 5.74) is 0. The van der Waals surface area contributed by atoms with E-state index in [2.05, 4.69) is 33.5 Å². The molecule has 0 spiro atoms. The molecule has 0 aliphatic carbocycles. The fourth-order valence-electron chi connectivity index (χ4n) is 3.48. The number of nitrogens with zero attached hydrogens (tertiary/aromatic N) is 4. The SMILES string of the molecule is C[C@H]1CN=C(N2CCN(CC(=O)N3CCCC[C@@H]3C)CC2)S1. The maximum absolute atomic E-state index is 12.5. The number of hydrogen-bond donors (Lipinski definition) is 0. The largest absolute Gasteiger partial charge is 0.349 e. The average molecular weight is 324 g/mol. The lowest BCUT2D eigenvalue weighted by atomic mass is 10.0. The highest BCUT2D eigenvalue weighted by molar-refractivity contribution is 8.14. The zero-order valence-electron chi connectivity index (χ0n) is 13.8. The zero-order valence-corrected chi connectivity index (χ0v) is 14.6. The summed E-state index contributed by atoms with van der Waals surface area (Å²) in [7, 11) is 0. The van der Waals surface area contributed by atoms with Crippen LogP contribution in [-0.4, -0.2) is 82.9 Å². The predicted octanol–water partition coefficient (Wildman–Crippen LogP) is 1.50. The van der Waals surface area contributed by atoms with Gasteiger partial charge in [0.05, 0.1) is 13.1 Å². The molecule has 3 heterocycles. The van der Waals surface area contributed by atoms with Crippen LogP contribution in [0, 0.1) is 0 Å². The van der Waals surface area contributed by atoms with Crippen molar-refractivity contribution in [1.82, 2.24) is 14.7 Å². The number of amidine groups is 1. The number of aliphatic imine (C=N–C) groups is 1. The summed E-state index contributed by atoms with van der Waals surface area (Å²) in [6, 6.07) is 0.424. The van der Waals surface area contributed by atoms with Crippen LogP contribution < -0.4 is 0 Å². The Morgan fingerprint density at radius 3 is 2.59 bits per heavy atom. The number of piperazine rings is 1. The van der Waals surface area contributed by atoms with Crippen molar-refractivity contribution in [3.63, 3.8) is 0 Å². The van der Waals surface area contributed by atoms with Crippen LogP contribution in [0.2, 0.25) is 0 Å². The normalized spacial score (nSPS) is 30.5. The van der Waals surface area contributed by atoms with Gasteiger partial charge in [0, 0.05) is 44.0 Å². The number of rotatable bonds is 2. The third-order valence-corrected chi connectivity index (χ3v) is 6.06. The van der Waals surface area contributed by atoms with Gasteiger partial charge in [-0.2, -0.15) is 0 Å². The van der Waals surface area contributed by atoms with Crippen molar-refractivity contribution < 1.29 is 4.79 Å². The minimum absolute atomic E-state index is 0.321. The van der Waals surface area contributed by atoms with Crippen LogP contribution in [0.1, 0.15) is 33.1 Å². The number of carbonyl (C=O) groups excluding carboxylic acids is 1. The van der Waals surface area contributed by atoms with E-state index in [0.29, 0.717) is 23.7 Å². The highest BCUT2D eigenvalue weighted by Gasteiger charge is 2.28. The maximum atomic E-state index is 12.5. The first-order valence-electron chi connectivity index (χ1n) is 8.61. The Hall–Kier alpha value is -0.750. The van der Waals surface area contributed by atoms with Crippen LogP contribution in [0.15, 0.2) is 4.99 Å². The molecule has 2 fully saturated rings. The van der Waals surface area contributed by atoms with Gasteiger partial charge in [0.2, 0.25) is 5.91 Å². The molecule has 124 valence electrons. The molecule has 0 bridgehead atoms. The van der Waals surface area contributed by atoms with E-state index in [1.807, 2.05) is 11.8 Å². The minimum Gasteiger partial charge on any atom is -0.349 e. The summed E-state index contributed by atoms with van der Waals surface area (Å²) in [5, 5.41) is 1.83. The third kappa shape index (κ3) is 3.77. The number of hydrogen-bond acceptors (Lipinski definition) is 5. The molecule has 3 aliphatic heterocycles. The zero-order chi connectivity index (χ0) is 15.5. The summed E-state index contributed by atoms with van der Waals surface area (Å²) in [5.74, 6) is 0.321. The first-order valence-corrected chi connectivity index (χ1v) is 9.49. The Labute approximate surface area is 138 Å². The molecule has 5 nitrogen and oxygen atoms in total. The summed E-state index contributed by atoms with van der Waals surface area (Å²) in [4.78, 5) is 23.9. The van der Waals surface area contributed by atoms with Gasteiger partial charge < -0.3 is 9.80 Å². The molecule has 22 heavy (non-hydrogen) atoms. The van der Waals surface area contributed by atoms with Crippen molar-refractivity contribution in [3.8, 4) is 0 Å². The molecule has 0 radical (unpaired) electrons. The molecule has 0 unspecified atom stereocenters. The summed E-state index contributed by atoms with van der Waals surface area (Å²) in [6.07, 6.45) is 3.59. The Balaban J connectivity index is 1.44. The van der Waals surface area contributed by atoms with E-state index >= 15 is 0 Å². The van der Waals surface area contributed by atoms with Crippen molar-refractivity contribution in [2.45, 2.75) is 44.4 Å². The topological polar surface area (TPSA) is 39.1 Å². The fraction of sp³-hybridized carbons (Fsp3) is 0.875. The molecule has 0 aromatic heterocycles. The third-order valence-electron chi connectivity index (χ3n) is 4.92. The summed E-state index contributed by atoms with van der Waals surface area (Å²) >= 11 is 1.89. The Morgan fingerprint density at radius 1 is 1.18 bits per heavy atom. The Bertz CT molecular complexity index is 434. The molecule has 3 rings (SSSR count). The second-order valence-corrected chi connectivity index (χ2v) is 8.15. The van der Waals surface area contributed by atoms with Crippen LogP contribution in [-0.2, 0) is 4.79 Å². The Kier molecular flexibility index (Phi) is 5.29. The highest BCUT2D eigenvalue weighted by Crippen LogP contribution is 2.23. The minimum atomic E-state index is 0.321. The lowest BCUT2D eigenvalue weighted by Gasteiger charge is -2.38. The molecule has 0 saturated carbocycles. The predicted molar refractivity (Wildman–Crippen MR) is 92.4 cm³/mol. The van der Waals surface area contributed by atoms with Crippen LogP contribution >= 0.6 is 11.8 Å². The second-order valence-electron chi connectivity index (χ2n) is 6.75. The number of piperidine rings is 1. The number of likely N-dealkylation sites (tertiary alicyclic amines) is 1. The quantitative estimate of drug-likeness (QED) is 0.772. The fourth-order valence-corrected chi connectivity index (χ4v) is 4.47. The van der Waals surface area contributed by atoms with E-state index in [9.17, 15) is 4.79 Å². The number of amides is 1. The summed E-state index contributed by atoms with van der Waals surface area (Å²) < 4.78 is 0. The van der Waals surface area contributed by atoms with Gasteiger partial charge >= 0.3 is 0 Å². The first kappa shape index (κ1) is 16.1. The van der Waals surface area contributed by atoms with Crippen molar-refractivity contribution in [2.75, 3.05) is 45.8 Å². The van der Waals surface area contributed by atoms with Gasteiger partial charge in [0.15, 0.2) is 5.17 Å². The smallest absolute Gasteiger partial charge is 0.236 e. The number of carbonyl (C=O) groups is 1. The first-order chi connectivity index (χ1) is 10.6. The van der Waals surface area contributed by atoms with Crippen molar-refractivity contribution in [3.05, 3.63) is 0 Å². The van der Waals surface area contributed by atoms with Crippen molar-refractivity contribution in [2.24, 2.45) is 4.99 Å². The highest BCUT2D eigenvalue weighted by atomic mass is 32.2. The summed E-state index contributed by atoms with van der Waals surface area (Å²) in [6.45, 7) is 10.9. The van der Waals surface area contributed by atoms with E-state index in [-0.39, 0.29) is 0 Å². The van der Waals surface area contributed by atoms with Crippen molar-refractivity contribution in [1.29, 1.82) is 0 Å². The van der Waals surface area contributed by atoms with Gasteiger partial charge in [-0.1, -0.05) is 18.7 Å². The van der Waals surface area contributed by atoms with Gasteiger partial charge in [-0.25, -0.2) is 0 Å². The molecule has 2 atom stereocenters. The molecule has 6 heteroatoms. The van der Waals surface area contributed by atoms with Gasteiger partial charge in [-0.3, -0.25) is 14.7 Å². The van der Waals surface area contributed by atoms with Crippen LogP contribution in [0.5, 0.6) is 0 Å². The standard InChI is InChI=1S/C16H28N4OS/c1-13-5-3-4-6-20(13)15(21)12-18-7-9-19(10-8-18)16-17-11-14(2)22-16/h13-14H,3-12H2,1-2H3/t13-,14-/m0/s1.